The molecule has 0 amide bonds. The lowest BCUT2D eigenvalue weighted by molar-refractivity contribution is 0.587. The van der Waals surface area contributed by atoms with Crippen molar-refractivity contribution in [3.05, 3.63) is 48.4 Å². The summed E-state index contributed by atoms with van der Waals surface area (Å²) in [6.07, 6.45) is 1.32. The molecule has 0 radical (unpaired) electrons. The first-order valence-electron chi connectivity index (χ1n) is 5.38. The Kier molecular flexibility index (Phi) is 3.39. The van der Waals surface area contributed by atoms with Crippen LogP contribution >= 0.6 is 0 Å². The maximum Gasteiger partial charge on any atom is 0.283 e. The van der Waals surface area contributed by atoms with Crippen LogP contribution in [0.3, 0.4) is 0 Å². The number of pyridine rings is 1. The highest BCUT2D eigenvalue weighted by Crippen LogP contribution is 2.25. The Bertz CT molecular complexity index is 704. The lowest BCUT2D eigenvalue weighted by Crippen LogP contribution is -2.28. The molecule has 7 heteroatoms. The Hall–Kier alpha value is -2.15. The van der Waals surface area contributed by atoms with Gasteiger partial charge in [0, 0.05) is 13.2 Å². The van der Waals surface area contributed by atoms with Crippen LogP contribution < -0.4 is 10.0 Å². The van der Waals surface area contributed by atoms with Gasteiger partial charge in [0.2, 0.25) is 0 Å². The molecule has 2 aromatic rings. The molecule has 0 aliphatic carbocycles. The monoisotopic (exact) mass is 281 g/mol. The number of anilines is 2. The van der Waals surface area contributed by atoms with Gasteiger partial charge in [0.15, 0.2) is 5.03 Å². The number of halogens is 1. The summed E-state index contributed by atoms with van der Waals surface area (Å²) in [5.74, 6) is -0.636. The van der Waals surface area contributed by atoms with Crippen molar-refractivity contribution in [2.24, 2.45) is 0 Å². The second-order valence-electron chi connectivity index (χ2n) is 3.82. The number of aromatic nitrogens is 1. The highest BCUT2D eigenvalue weighted by Gasteiger charge is 2.26. The van der Waals surface area contributed by atoms with Crippen LogP contribution in [0.2, 0.25) is 0 Å². The summed E-state index contributed by atoms with van der Waals surface area (Å²) in [7, 11) is -2.74. The Morgan fingerprint density at radius 2 is 1.89 bits per heavy atom. The van der Waals surface area contributed by atoms with E-state index in [-0.39, 0.29) is 16.4 Å². The van der Waals surface area contributed by atoms with Crippen LogP contribution in [0.4, 0.5) is 15.8 Å². The zero-order valence-corrected chi connectivity index (χ0v) is 10.9. The SMILES string of the molecule is CN(c1ccccc1F)S(=O)(=O)c1ncccc1N. The van der Waals surface area contributed by atoms with Gasteiger partial charge in [0.1, 0.15) is 5.82 Å². The molecule has 0 fully saturated rings. The second-order valence-corrected chi connectivity index (χ2v) is 5.71. The number of nitrogens with zero attached hydrogens (tertiary/aromatic N) is 2. The van der Waals surface area contributed by atoms with E-state index in [0.29, 0.717) is 0 Å². The summed E-state index contributed by atoms with van der Waals surface area (Å²) >= 11 is 0. The molecule has 0 spiro atoms. The van der Waals surface area contributed by atoms with E-state index in [0.717, 1.165) is 4.31 Å². The predicted molar refractivity (Wildman–Crippen MR) is 70.6 cm³/mol. The molecule has 2 N–H and O–H groups in total. The van der Waals surface area contributed by atoms with Gasteiger partial charge in [-0.05, 0) is 24.3 Å². The number of nitrogen functional groups attached to an aromatic ring is 1. The maximum absolute atomic E-state index is 13.6. The van der Waals surface area contributed by atoms with Crippen molar-refractivity contribution in [2.45, 2.75) is 5.03 Å². The van der Waals surface area contributed by atoms with Crippen molar-refractivity contribution in [1.29, 1.82) is 0 Å². The molecule has 1 aromatic carbocycles. The Labute approximate surface area is 110 Å². The molecule has 5 nitrogen and oxygen atoms in total. The van der Waals surface area contributed by atoms with Gasteiger partial charge < -0.3 is 5.73 Å². The molecule has 1 aromatic heterocycles. The highest BCUT2D eigenvalue weighted by atomic mass is 32.2. The fraction of sp³-hybridized carbons (Fsp3) is 0.0833. The van der Waals surface area contributed by atoms with Crippen molar-refractivity contribution in [3.63, 3.8) is 0 Å². The summed E-state index contributed by atoms with van der Waals surface area (Å²) in [5, 5.41) is -0.291. The van der Waals surface area contributed by atoms with E-state index in [1.54, 1.807) is 6.07 Å². The molecule has 0 atom stereocenters. The minimum Gasteiger partial charge on any atom is -0.396 e. The van der Waals surface area contributed by atoms with E-state index in [2.05, 4.69) is 4.98 Å². The number of benzene rings is 1. The van der Waals surface area contributed by atoms with Crippen LogP contribution in [0.5, 0.6) is 0 Å². The summed E-state index contributed by atoms with van der Waals surface area (Å²) in [4.78, 5) is 3.75. The van der Waals surface area contributed by atoms with Gasteiger partial charge in [-0.1, -0.05) is 12.1 Å². The van der Waals surface area contributed by atoms with Gasteiger partial charge in [-0.3, -0.25) is 4.31 Å². The predicted octanol–water partition coefficient (Wildman–Crippen LogP) is 1.63. The molecule has 0 saturated heterocycles. The van der Waals surface area contributed by atoms with E-state index < -0.39 is 15.8 Å². The minimum atomic E-state index is -3.99. The third-order valence-corrected chi connectivity index (χ3v) is 4.34. The van der Waals surface area contributed by atoms with Crippen molar-refractivity contribution < 1.29 is 12.8 Å². The smallest absolute Gasteiger partial charge is 0.283 e. The molecule has 19 heavy (non-hydrogen) atoms. The molecule has 0 saturated carbocycles. The third kappa shape index (κ3) is 2.37. The second kappa shape index (κ2) is 4.85. The molecule has 0 aliphatic heterocycles. The van der Waals surface area contributed by atoms with Crippen molar-refractivity contribution in [2.75, 3.05) is 17.1 Å². The van der Waals surface area contributed by atoms with Crippen LogP contribution in [0.1, 0.15) is 0 Å². The topological polar surface area (TPSA) is 76.3 Å². The maximum atomic E-state index is 13.6. The summed E-state index contributed by atoms with van der Waals surface area (Å²) in [5.41, 5.74) is 5.56. The fourth-order valence-electron chi connectivity index (χ4n) is 1.59. The lowest BCUT2D eigenvalue weighted by Gasteiger charge is -2.19. The number of sulfonamides is 1. The van der Waals surface area contributed by atoms with Gasteiger partial charge in [0.25, 0.3) is 10.0 Å². The molecular formula is C12H12FN3O2S. The average molecular weight is 281 g/mol. The van der Waals surface area contributed by atoms with Crippen molar-refractivity contribution in [1.82, 2.24) is 4.98 Å². The van der Waals surface area contributed by atoms with E-state index in [1.165, 1.54) is 43.6 Å². The normalized spacial score (nSPS) is 11.3. The Morgan fingerprint density at radius 1 is 1.21 bits per heavy atom. The molecule has 0 unspecified atom stereocenters. The van der Waals surface area contributed by atoms with Crippen LogP contribution in [0, 0.1) is 5.82 Å². The number of para-hydroxylation sites is 1. The summed E-state index contributed by atoms with van der Waals surface area (Å²) < 4.78 is 39.1. The molecule has 0 aliphatic rings. The zero-order chi connectivity index (χ0) is 14.0. The van der Waals surface area contributed by atoms with E-state index in [1.807, 2.05) is 0 Å². The van der Waals surface area contributed by atoms with E-state index in [9.17, 15) is 12.8 Å². The Morgan fingerprint density at radius 3 is 2.53 bits per heavy atom. The van der Waals surface area contributed by atoms with Crippen LogP contribution in [0.25, 0.3) is 0 Å². The summed E-state index contributed by atoms with van der Waals surface area (Å²) in [6, 6.07) is 8.53. The number of hydrogen-bond donors (Lipinski definition) is 1. The van der Waals surface area contributed by atoms with E-state index >= 15 is 0 Å². The largest absolute Gasteiger partial charge is 0.396 e. The van der Waals surface area contributed by atoms with E-state index in [4.69, 9.17) is 5.73 Å². The van der Waals surface area contributed by atoms with Crippen LogP contribution in [-0.4, -0.2) is 20.4 Å². The van der Waals surface area contributed by atoms with Crippen molar-refractivity contribution >= 4 is 21.4 Å². The van der Waals surface area contributed by atoms with Crippen molar-refractivity contribution in [3.8, 4) is 0 Å². The molecule has 2 rings (SSSR count). The quantitative estimate of drug-likeness (QED) is 0.927. The van der Waals surface area contributed by atoms with Gasteiger partial charge >= 0.3 is 0 Å². The average Bonchev–Trinajstić information content (AvgIpc) is 2.39. The van der Waals surface area contributed by atoms with Gasteiger partial charge in [-0.15, -0.1) is 0 Å². The zero-order valence-electron chi connectivity index (χ0n) is 10.1. The lowest BCUT2D eigenvalue weighted by atomic mass is 10.3. The number of rotatable bonds is 3. The molecule has 1 heterocycles. The fourth-order valence-corrected chi connectivity index (χ4v) is 2.81. The van der Waals surface area contributed by atoms with Gasteiger partial charge in [-0.25, -0.2) is 9.37 Å². The Balaban J connectivity index is 2.52. The van der Waals surface area contributed by atoms with Crippen LogP contribution in [0.15, 0.2) is 47.6 Å². The number of hydrogen-bond acceptors (Lipinski definition) is 4. The molecule has 100 valence electrons. The first kappa shape index (κ1) is 13.3. The first-order chi connectivity index (χ1) is 8.94. The third-order valence-electron chi connectivity index (χ3n) is 2.60. The summed E-state index contributed by atoms with van der Waals surface area (Å²) in [6.45, 7) is 0. The highest BCUT2D eigenvalue weighted by molar-refractivity contribution is 7.92. The minimum absolute atomic E-state index is 0.0192. The first-order valence-corrected chi connectivity index (χ1v) is 6.82. The standard InChI is InChI=1S/C12H12FN3O2S/c1-16(11-7-3-2-5-9(11)13)19(17,18)12-10(14)6-4-8-15-12/h2-8H,14H2,1H3. The molecule has 0 bridgehead atoms. The van der Waals surface area contributed by atoms with Crippen LogP contribution in [-0.2, 0) is 10.0 Å². The van der Waals surface area contributed by atoms with Gasteiger partial charge in [0.05, 0.1) is 11.4 Å². The number of nitrogens with two attached hydrogens (primary N) is 1. The van der Waals surface area contributed by atoms with Gasteiger partial charge in [-0.2, -0.15) is 8.42 Å². The molecular weight excluding hydrogens is 269 g/mol.